The minimum Gasteiger partial charge on any atom is -0.365 e. The Kier molecular flexibility index (Phi) is 3.90. The minimum absolute atomic E-state index is 0.125. The van der Waals surface area contributed by atoms with Gasteiger partial charge in [0.15, 0.2) is 5.37 Å². The second kappa shape index (κ2) is 5.83. The lowest BCUT2D eigenvalue weighted by Gasteiger charge is -2.16. The summed E-state index contributed by atoms with van der Waals surface area (Å²) in [6, 6.07) is 15.2. The van der Waals surface area contributed by atoms with Crippen LogP contribution < -0.4 is 10.2 Å². The summed E-state index contributed by atoms with van der Waals surface area (Å²) in [4.78, 5) is 14.0. The largest absolute Gasteiger partial charge is 0.365 e. The van der Waals surface area contributed by atoms with Crippen molar-refractivity contribution in [3.05, 3.63) is 60.4 Å². The molecule has 2 aromatic carbocycles. The second-order valence-corrected chi connectivity index (χ2v) is 6.16. The average Bonchev–Trinajstić information content (AvgIpc) is 2.77. The van der Waals surface area contributed by atoms with Gasteiger partial charge < -0.3 is 5.32 Å². The van der Waals surface area contributed by atoms with E-state index in [4.69, 9.17) is 12.2 Å². The van der Waals surface area contributed by atoms with Gasteiger partial charge in [0.05, 0.1) is 5.69 Å². The molecule has 1 atom stereocenters. The number of para-hydroxylation sites is 1. The Labute approximate surface area is 131 Å². The van der Waals surface area contributed by atoms with E-state index in [0.717, 1.165) is 5.69 Å². The third-order valence-corrected chi connectivity index (χ3v) is 4.41. The molecular formula is C15H11FN2OS2. The quantitative estimate of drug-likeness (QED) is 0.876. The van der Waals surface area contributed by atoms with Gasteiger partial charge in [-0.3, -0.25) is 9.69 Å². The predicted molar refractivity (Wildman–Crippen MR) is 87.9 cm³/mol. The summed E-state index contributed by atoms with van der Waals surface area (Å²) in [6.07, 6.45) is 0. The summed E-state index contributed by atoms with van der Waals surface area (Å²) in [5.41, 5.74) is 1.43. The molecule has 1 N–H and O–H groups in total. The van der Waals surface area contributed by atoms with E-state index in [-0.39, 0.29) is 11.7 Å². The Morgan fingerprint density at radius 1 is 1.10 bits per heavy atom. The zero-order valence-corrected chi connectivity index (χ0v) is 12.5. The zero-order valence-electron chi connectivity index (χ0n) is 10.8. The van der Waals surface area contributed by atoms with Crippen LogP contribution in [0, 0.1) is 5.82 Å². The highest BCUT2D eigenvalue weighted by molar-refractivity contribution is 8.25. The number of nitrogens with zero attached hydrogens (tertiary/aromatic N) is 1. The van der Waals surface area contributed by atoms with Crippen molar-refractivity contribution < 1.29 is 9.18 Å². The number of benzene rings is 2. The summed E-state index contributed by atoms with van der Waals surface area (Å²) in [7, 11) is 0. The maximum Gasteiger partial charge on any atom is 0.266 e. The van der Waals surface area contributed by atoms with Crippen LogP contribution in [-0.2, 0) is 4.79 Å². The molecule has 6 heteroatoms. The molecule has 0 aromatic heterocycles. The summed E-state index contributed by atoms with van der Waals surface area (Å²) in [6.45, 7) is 0. The highest BCUT2D eigenvalue weighted by Crippen LogP contribution is 2.32. The van der Waals surface area contributed by atoms with E-state index in [0.29, 0.717) is 10.0 Å². The fourth-order valence-electron chi connectivity index (χ4n) is 2.01. The van der Waals surface area contributed by atoms with E-state index in [1.54, 1.807) is 12.1 Å². The van der Waals surface area contributed by atoms with E-state index in [1.807, 2.05) is 30.3 Å². The average molecular weight is 318 g/mol. The first-order valence-corrected chi connectivity index (χ1v) is 7.56. The van der Waals surface area contributed by atoms with Crippen molar-refractivity contribution >= 4 is 45.6 Å². The van der Waals surface area contributed by atoms with Gasteiger partial charge in [0, 0.05) is 5.69 Å². The molecule has 1 saturated heterocycles. The van der Waals surface area contributed by atoms with Gasteiger partial charge in [0.2, 0.25) is 0 Å². The lowest BCUT2D eigenvalue weighted by atomic mass is 10.3. The Balaban J connectivity index is 1.79. The normalized spacial score (nSPS) is 18.1. The molecule has 0 bridgehead atoms. The number of carbonyl (C=O) groups excluding carboxylic acids is 1. The van der Waals surface area contributed by atoms with Crippen LogP contribution in [0.1, 0.15) is 0 Å². The molecule has 0 radical (unpaired) electrons. The summed E-state index contributed by atoms with van der Waals surface area (Å²) in [5.74, 6) is -0.437. The van der Waals surface area contributed by atoms with Crippen LogP contribution in [0.3, 0.4) is 0 Å². The first-order valence-electron chi connectivity index (χ1n) is 6.27. The number of hydrogen-bond acceptors (Lipinski definition) is 4. The topological polar surface area (TPSA) is 32.3 Å². The highest BCUT2D eigenvalue weighted by atomic mass is 32.2. The van der Waals surface area contributed by atoms with Crippen LogP contribution in [0.25, 0.3) is 0 Å². The van der Waals surface area contributed by atoms with Gasteiger partial charge >= 0.3 is 0 Å². The molecule has 1 unspecified atom stereocenters. The van der Waals surface area contributed by atoms with E-state index in [9.17, 15) is 9.18 Å². The lowest BCUT2D eigenvalue weighted by molar-refractivity contribution is -0.116. The molecule has 1 aliphatic heterocycles. The Morgan fingerprint density at radius 3 is 2.43 bits per heavy atom. The third-order valence-electron chi connectivity index (χ3n) is 3.00. The van der Waals surface area contributed by atoms with Crippen LogP contribution in [0.5, 0.6) is 0 Å². The lowest BCUT2D eigenvalue weighted by Crippen LogP contribution is -2.34. The van der Waals surface area contributed by atoms with E-state index in [1.165, 1.54) is 28.8 Å². The number of thioether (sulfide) groups is 1. The molecule has 2 aromatic rings. The smallest absolute Gasteiger partial charge is 0.266 e. The van der Waals surface area contributed by atoms with Crippen molar-refractivity contribution in [1.82, 2.24) is 0 Å². The number of halogens is 1. The number of amides is 1. The van der Waals surface area contributed by atoms with Crippen molar-refractivity contribution in [2.24, 2.45) is 0 Å². The number of anilines is 2. The van der Waals surface area contributed by atoms with E-state index >= 15 is 0 Å². The van der Waals surface area contributed by atoms with Gasteiger partial charge in [-0.25, -0.2) is 4.39 Å². The maximum absolute atomic E-state index is 12.9. The molecule has 1 aliphatic rings. The number of hydrogen-bond donors (Lipinski definition) is 1. The van der Waals surface area contributed by atoms with Gasteiger partial charge in [0.1, 0.15) is 10.1 Å². The van der Waals surface area contributed by atoms with Crippen LogP contribution in [0.4, 0.5) is 15.8 Å². The molecule has 3 nitrogen and oxygen atoms in total. The SMILES string of the molecule is O=C1C(Nc2ccc(F)cc2)SC(=S)N1c1ccccc1. The Morgan fingerprint density at radius 2 is 1.76 bits per heavy atom. The van der Waals surface area contributed by atoms with Crippen LogP contribution in [0.2, 0.25) is 0 Å². The molecule has 0 aliphatic carbocycles. The van der Waals surface area contributed by atoms with E-state index < -0.39 is 5.37 Å². The fourth-order valence-corrected chi connectivity index (χ4v) is 3.40. The summed E-state index contributed by atoms with van der Waals surface area (Å²) >= 11 is 6.56. The van der Waals surface area contributed by atoms with Gasteiger partial charge in [-0.2, -0.15) is 0 Å². The number of rotatable bonds is 3. The Bertz CT molecular complexity index is 676. The molecular weight excluding hydrogens is 307 g/mol. The zero-order chi connectivity index (χ0) is 14.8. The van der Waals surface area contributed by atoms with Crippen molar-refractivity contribution in [2.45, 2.75) is 5.37 Å². The van der Waals surface area contributed by atoms with Crippen LogP contribution >= 0.6 is 24.0 Å². The van der Waals surface area contributed by atoms with Crippen molar-refractivity contribution in [1.29, 1.82) is 0 Å². The number of nitrogens with one attached hydrogen (secondary N) is 1. The van der Waals surface area contributed by atoms with Crippen LogP contribution in [-0.4, -0.2) is 15.6 Å². The highest BCUT2D eigenvalue weighted by Gasteiger charge is 2.37. The predicted octanol–water partition coefficient (Wildman–Crippen LogP) is 3.63. The maximum atomic E-state index is 12.9. The summed E-state index contributed by atoms with van der Waals surface area (Å²) < 4.78 is 13.4. The van der Waals surface area contributed by atoms with E-state index in [2.05, 4.69) is 5.32 Å². The van der Waals surface area contributed by atoms with Crippen molar-refractivity contribution in [3.63, 3.8) is 0 Å². The molecule has 106 valence electrons. The van der Waals surface area contributed by atoms with Gasteiger partial charge in [-0.05, 0) is 36.4 Å². The molecule has 0 spiro atoms. The van der Waals surface area contributed by atoms with Gasteiger partial charge in [-0.1, -0.05) is 42.2 Å². The monoisotopic (exact) mass is 318 g/mol. The minimum atomic E-state index is -0.497. The molecule has 1 fully saturated rings. The van der Waals surface area contributed by atoms with Crippen LogP contribution in [0.15, 0.2) is 54.6 Å². The Hall–Kier alpha value is -1.92. The van der Waals surface area contributed by atoms with Gasteiger partial charge in [-0.15, -0.1) is 0 Å². The van der Waals surface area contributed by atoms with Gasteiger partial charge in [0.25, 0.3) is 5.91 Å². The molecule has 1 amide bonds. The standard InChI is InChI=1S/C15H11FN2OS2/c16-10-6-8-11(9-7-10)17-13-14(19)18(15(20)21-13)12-4-2-1-3-5-12/h1-9,13,17H. The first kappa shape index (κ1) is 14.0. The molecule has 3 rings (SSSR count). The second-order valence-electron chi connectivity index (χ2n) is 4.42. The van der Waals surface area contributed by atoms with Crippen molar-refractivity contribution in [2.75, 3.05) is 10.2 Å². The third kappa shape index (κ3) is 2.91. The van der Waals surface area contributed by atoms with Crippen molar-refractivity contribution in [3.8, 4) is 0 Å². The number of thiocarbonyl (C=S) groups is 1. The molecule has 0 saturated carbocycles. The molecule has 21 heavy (non-hydrogen) atoms. The number of carbonyl (C=O) groups is 1. The molecule has 1 heterocycles. The summed E-state index contributed by atoms with van der Waals surface area (Å²) in [5, 5.41) is 2.57. The fraction of sp³-hybridized carbons (Fsp3) is 0.0667. The first-order chi connectivity index (χ1) is 10.1.